The molecule has 0 radical (unpaired) electrons. The number of rotatable bonds is 3. The summed E-state index contributed by atoms with van der Waals surface area (Å²) < 4.78 is 3.61. The van der Waals surface area contributed by atoms with Crippen LogP contribution in [0.1, 0.15) is 0 Å². The average Bonchev–Trinajstić information content (AvgIpc) is 3.31. The van der Waals surface area contributed by atoms with Gasteiger partial charge in [-0.2, -0.15) is 0 Å². The van der Waals surface area contributed by atoms with Gasteiger partial charge in [0.05, 0.1) is 20.4 Å². The average molecular weight is 477 g/mol. The van der Waals surface area contributed by atoms with Gasteiger partial charge in [-0.05, 0) is 42.7 Å². The fourth-order valence-electron chi connectivity index (χ4n) is 3.27. The summed E-state index contributed by atoms with van der Waals surface area (Å²) in [5.74, 6) is 0. The molecule has 8 heteroatoms. The number of hydrogen-bond acceptors (Lipinski definition) is 7. The van der Waals surface area contributed by atoms with Crippen molar-refractivity contribution in [3.63, 3.8) is 0 Å². The monoisotopic (exact) mass is 476 g/mol. The van der Waals surface area contributed by atoms with E-state index in [1.165, 1.54) is 14.3 Å². The lowest BCUT2D eigenvalue weighted by Gasteiger charge is -2.34. The van der Waals surface area contributed by atoms with Crippen molar-refractivity contribution in [2.75, 3.05) is 42.2 Å². The van der Waals surface area contributed by atoms with Crippen molar-refractivity contribution < 1.29 is 0 Å². The number of thiazole rings is 2. The Kier molecular flexibility index (Phi) is 4.75. The highest BCUT2D eigenvalue weighted by Gasteiger charge is 2.22. The Morgan fingerprint density at radius 2 is 1.41 bits per heavy atom. The number of hydrogen-bond donors (Lipinski definition) is 0. The maximum atomic E-state index is 4.85. The van der Waals surface area contributed by atoms with Crippen LogP contribution in [0.5, 0.6) is 0 Å². The van der Waals surface area contributed by atoms with E-state index in [1.54, 1.807) is 34.4 Å². The van der Waals surface area contributed by atoms with Crippen molar-refractivity contribution in [2.45, 2.75) is 4.90 Å². The molecule has 3 heterocycles. The standard InChI is InChI=1S/C19H17BrN4S3/c1-25-13-3-5-15-17(11-13)27-19(22-15)24-8-6-23(7-9-24)18-21-14-4-2-12(20)10-16(14)26-18/h2-5,10-11H,6-9H2,1H3. The molecule has 0 amide bonds. The van der Waals surface area contributed by atoms with Crippen molar-refractivity contribution in [1.29, 1.82) is 0 Å². The van der Waals surface area contributed by atoms with Crippen LogP contribution in [-0.4, -0.2) is 42.4 Å². The van der Waals surface area contributed by atoms with E-state index in [-0.39, 0.29) is 0 Å². The minimum Gasteiger partial charge on any atom is -0.345 e. The summed E-state index contributed by atoms with van der Waals surface area (Å²) in [6.07, 6.45) is 2.11. The molecule has 5 rings (SSSR count). The van der Waals surface area contributed by atoms with Crippen LogP contribution >= 0.6 is 50.4 Å². The lowest BCUT2D eigenvalue weighted by Crippen LogP contribution is -2.46. The summed E-state index contributed by atoms with van der Waals surface area (Å²) in [5, 5.41) is 2.26. The molecular formula is C19H17BrN4S3. The van der Waals surface area contributed by atoms with Crippen LogP contribution in [0.3, 0.4) is 0 Å². The molecule has 138 valence electrons. The largest absolute Gasteiger partial charge is 0.345 e. The molecule has 0 aliphatic carbocycles. The van der Waals surface area contributed by atoms with Crippen LogP contribution in [0.25, 0.3) is 20.4 Å². The van der Waals surface area contributed by atoms with Crippen molar-refractivity contribution >= 4 is 81.1 Å². The Bertz CT molecular complexity index is 1110. The number of benzene rings is 2. The van der Waals surface area contributed by atoms with Gasteiger partial charge in [0.25, 0.3) is 0 Å². The molecule has 0 atom stereocenters. The molecule has 0 unspecified atom stereocenters. The van der Waals surface area contributed by atoms with Gasteiger partial charge in [-0.1, -0.05) is 38.6 Å². The summed E-state index contributed by atoms with van der Waals surface area (Å²) in [5.41, 5.74) is 2.18. The summed E-state index contributed by atoms with van der Waals surface area (Å²) in [6.45, 7) is 3.92. The zero-order chi connectivity index (χ0) is 18.4. The second kappa shape index (κ2) is 7.24. The van der Waals surface area contributed by atoms with E-state index in [0.29, 0.717) is 0 Å². The number of aromatic nitrogens is 2. The van der Waals surface area contributed by atoms with Gasteiger partial charge in [0.2, 0.25) is 0 Å². The highest BCUT2D eigenvalue weighted by molar-refractivity contribution is 9.10. The second-order valence-corrected chi connectivity index (χ2v) is 10.2. The third-order valence-corrected chi connectivity index (χ3v) is 8.12. The lowest BCUT2D eigenvalue weighted by atomic mass is 10.3. The molecule has 1 fully saturated rings. The molecule has 1 saturated heterocycles. The second-order valence-electron chi connectivity index (χ2n) is 6.41. The fraction of sp³-hybridized carbons (Fsp3) is 0.263. The van der Waals surface area contributed by atoms with Crippen LogP contribution in [0, 0.1) is 0 Å². The minimum atomic E-state index is 0.979. The Hall–Kier alpha value is -1.35. The zero-order valence-electron chi connectivity index (χ0n) is 14.7. The molecule has 4 aromatic rings. The van der Waals surface area contributed by atoms with Gasteiger partial charge in [0.15, 0.2) is 10.3 Å². The summed E-state index contributed by atoms with van der Waals surface area (Å²) in [4.78, 5) is 15.8. The summed E-state index contributed by atoms with van der Waals surface area (Å²) >= 11 is 8.90. The van der Waals surface area contributed by atoms with Gasteiger partial charge in [0, 0.05) is 35.5 Å². The van der Waals surface area contributed by atoms with Crippen molar-refractivity contribution in [3.05, 3.63) is 40.9 Å². The molecule has 0 N–H and O–H groups in total. The van der Waals surface area contributed by atoms with Crippen LogP contribution < -0.4 is 9.80 Å². The number of anilines is 2. The number of thioether (sulfide) groups is 1. The third-order valence-electron chi connectivity index (χ3n) is 4.74. The maximum absolute atomic E-state index is 4.85. The summed E-state index contributed by atoms with van der Waals surface area (Å²) in [6, 6.07) is 12.8. The van der Waals surface area contributed by atoms with Crippen LogP contribution in [-0.2, 0) is 0 Å². The first-order valence-electron chi connectivity index (χ1n) is 8.70. The molecule has 2 aromatic carbocycles. The van der Waals surface area contributed by atoms with Gasteiger partial charge >= 0.3 is 0 Å². The molecule has 2 aromatic heterocycles. The molecular weight excluding hydrogens is 460 g/mol. The molecule has 1 aliphatic rings. The van der Waals surface area contributed by atoms with Crippen LogP contribution in [0.2, 0.25) is 0 Å². The lowest BCUT2D eigenvalue weighted by molar-refractivity contribution is 0.651. The Morgan fingerprint density at radius 1 is 0.852 bits per heavy atom. The van der Waals surface area contributed by atoms with E-state index >= 15 is 0 Å². The van der Waals surface area contributed by atoms with E-state index in [0.717, 1.165) is 51.9 Å². The molecule has 0 saturated carbocycles. The Balaban J connectivity index is 1.33. The summed E-state index contributed by atoms with van der Waals surface area (Å²) in [7, 11) is 0. The predicted molar refractivity (Wildman–Crippen MR) is 123 cm³/mol. The third kappa shape index (κ3) is 3.44. The van der Waals surface area contributed by atoms with Gasteiger partial charge in [-0.25, -0.2) is 9.97 Å². The van der Waals surface area contributed by atoms with Crippen molar-refractivity contribution in [1.82, 2.24) is 9.97 Å². The molecule has 0 spiro atoms. The first-order chi connectivity index (χ1) is 13.2. The minimum absolute atomic E-state index is 0.979. The SMILES string of the molecule is CSc1ccc2nc(N3CCN(c4nc5ccc(Br)cc5s4)CC3)sc2c1. The fourth-order valence-corrected chi connectivity index (χ4v) is 6.41. The zero-order valence-corrected chi connectivity index (χ0v) is 18.7. The Labute approximate surface area is 178 Å². The van der Waals surface area contributed by atoms with E-state index in [2.05, 4.69) is 68.4 Å². The predicted octanol–water partition coefficient (Wildman–Crippen LogP) is 5.72. The Morgan fingerprint density at radius 3 is 2.00 bits per heavy atom. The topological polar surface area (TPSA) is 32.3 Å². The van der Waals surface area contributed by atoms with E-state index < -0.39 is 0 Å². The van der Waals surface area contributed by atoms with Gasteiger partial charge in [0.1, 0.15) is 0 Å². The highest BCUT2D eigenvalue weighted by atomic mass is 79.9. The van der Waals surface area contributed by atoms with E-state index in [4.69, 9.17) is 9.97 Å². The molecule has 4 nitrogen and oxygen atoms in total. The number of halogens is 1. The van der Waals surface area contributed by atoms with Crippen LogP contribution in [0.4, 0.5) is 10.3 Å². The van der Waals surface area contributed by atoms with Crippen molar-refractivity contribution in [3.8, 4) is 0 Å². The number of piperazine rings is 1. The normalized spacial score (nSPS) is 15.2. The highest BCUT2D eigenvalue weighted by Crippen LogP contribution is 2.34. The quantitative estimate of drug-likeness (QED) is 0.353. The molecule has 0 bridgehead atoms. The van der Waals surface area contributed by atoms with Gasteiger partial charge in [-0.15, -0.1) is 11.8 Å². The van der Waals surface area contributed by atoms with Crippen molar-refractivity contribution in [2.24, 2.45) is 0 Å². The maximum Gasteiger partial charge on any atom is 0.186 e. The molecule has 1 aliphatic heterocycles. The first-order valence-corrected chi connectivity index (χ1v) is 12.4. The van der Waals surface area contributed by atoms with E-state index in [1.807, 2.05) is 0 Å². The van der Waals surface area contributed by atoms with Gasteiger partial charge < -0.3 is 9.80 Å². The van der Waals surface area contributed by atoms with Crippen LogP contribution in [0.15, 0.2) is 45.8 Å². The number of fused-ring (bicyclic) bond motifs is 2. The van der Waals surface area contributed by atoms with Gasteiger partial charge in [-0.3, -0.25) is 0 Å². The molecule has 27 heavy (non-hydrogen) atoms. The number of nitrogens with zero attached hydrogens (tertiary/aromatic N) is 4. The smallest absolute Gasteiger partial charge is 0.186 e. The van der Waals surface area contributed by atoms with E-state index in [9.17, 15) is 0 Å². The first kappa shape index (κ1) is 17.7.